The van der Waals surface area contributed by atoms with Gasteiger partial charge in [0.2, 0.25) is 0 Å². The van der Waals surface area contributed by atoms with Crippen molar-refractivity contribution in [2.24, 2.45) is 11.7 Å². The van der Waals surface area contributed by atoms with Gasteiger partial charge in [0.25, 0.3) is 0 Å². The Kier molecular flexibility index (Phi) is 4.30. The monoisotopic (exact) mass is 313 g/mol. The molecule has 0 saturated carbocycles. The molecule has 4 heteroatoms. The Hall–Kier alpha value is -0.580. The summed E-state index contributed by atoms with van der Waals surface area (Å²) in [4.78, 5) is 0. The van der Waals surface area contributed by atoms with Crippen LogP contribution in [0.1, 0.15) is 30.5 Å². The summed E-state index contributed by atoms with van der Waals surface area (Å²) in [6.45, 7) is 5.03. The molecule has 1 fully saturated rings. The number of rotatable bonds is 3. The number of halogens is 1. The summed E-state index contributed by atoms with van der Waals surface area (Å²) in [5.41, 5.74) is 8.51. The van der Waals surface area contributed by atoms with Crippen molar-refractivity contribution in [2.75, 3.05) is 13.7 Å². The number of hydrogen-bond acceptors (Lipinski definition) is 3. The van der Waals surface area contributed by atoms with E-state index in [2.05, 4.69) is 22.9 Å². The van der Waals surface area contributed by atoms with Gasteiger partial charge in [0.05, 0.1) is 19.3 Å². The van der Waals surface area contributed by atoms with Crippen LogP contribution in [0.25, 0.3) is 0 Å². The first kappa shape index (κ1) is 13.8. The van der Waals surface area contributed by atoms with Crippen LogP contribution in [-0.2, 0) is 4.74 Å². The van der Waals surface area contributed by atoms with Gasteiger partial charge in [-0.1, -0.05) is 22.9 Å². The Morgan fingerprint density at radius 1 is 1.50 bits per heavy atom. The highest BCUT2D eigenvalue weighted by molar-refractivity contribution is 9.10. The molecule has 1 saturated heterocycles. The lowest BCUT2D eigenvalue weighted by Crippen LogP contribution is -2.30. The molecule has 2 rings (SSSR count). The van der Waals surface area contributed by atoms with Gasteiger partial charge in [-0.2, -0.15) is 0 Å². The average molecular weight is 314 g/mol. The molecule has 0 radical (unpaired) electrons. The summed E-state index contributed by atoms with van der Waals surface area (Å²) in [5, 5.41) is 0. The maximum atomic E-state index is 6.36. The molecule has 0 spiro atoms. The number of aryl methyl sites for hydroxylation is 1. The predicted octanol–water partition coefficient (Wildman–Crippen LogP) is 3.19. The number of benzene rings is 1. The molecule has 3 atom stereocenters. The van der Waals surface area contributed by atoms with E-state index in [0.29, 0.717) is 5.92 Å². The van der Waals surface area contributed by atoms with E-state index in [1.54, 1.807) is 7.11 Å². The van der Waals surface area contributed by atoms with E-state index in [9.17, 15) is 0 Å². The number of methoxy groups -OCH3 is 1. The predicted molar refractivity (Wildman–Crippen MR) is 75.9 cm³/mol. The van der Waals surface area contributed by atoms with Crippen molar-refractivity contribution in [3.8, 4) is 5.75 Å². The normalized spacial score (nSPS) is 25.2. The molecule has 0 aliphatic carbocycles. The van der Waals surface area contributed by atoms with Crippen molar-refractivity contribution in [1.29, 1.82) is 0 Å². The third-order valence-corrected chi connectivity index (χ3v) is 4.52. The topological polar surface area (TPSA) is 44.5 Å². The van der Waals surface area contributed by atoms with Gasteiger partial charge < -0.3 is 15.2 Å². The highest BCUT2D eigenvalue weighted by Gasteiger charge is 2.32. The van der Waals surface area contributed by atoms with Gasteiger partial charge in [0.1, 0.15) is 5.75 Å². The standard InChI is InChI=1S/C14H20BrNO2/c1-8-4-5-18-14(8)13(16)10-7-11(15)9(2)6-12(10)17-3/h6-8,13-14H,4-5,16H2,1-3H3. The summed E-state index contributed by atoms with van der Waals surface area (Å²) in [6, 6.07) is 3.92. The zero-order valence-electron chi connectivity index (χ0n) is 11.1. The van der Waals surface area contributed by atoms with Gasteiger partial charge in [-0.3, -0.25) is 0 Å². The van der Waals surface area contributed by atoms with Gasteiger partial charge in [-0.05, 0) is 37.0 Å². The third kappa shape index (κ3) is 2.56. The lowest BCUT2D eigenvalue weighted by Gasteiger charge is -2.25. The quantitative estimate of drug-likeness (QED) is 0.932. The molecule has 1 aliphatic heterocycles. The minimum atomic E-state index is -0.144. The van der Waals surface area contributed by atoms with Crippen molar-refractivity contribution in [1.82, 2.24) is 0 Å². The Bertz CT molecular complexity index is 436. The van der Waals surface area contributed by atoms with Crippen LogP contribution in [-0.4, -0.2) is 19.8 Å². The lowest BCUT2D eigenvalue weighted by atomic mass is 9.92. The molecule has 3 nitrogen and oxygen atoms in total. The summed E-state index contributed by atoms with van der Waals surface area (Å²) < 4.78 is 12.3. The Morgan fingerprint density at radius 3 is 2.78 bits per heavy atom. The largest absolute Gasteiger partial charge is 0.496 e. The zero-order valence-corrected chi connectivity index (χ0v) is 12.7. The molecular weight excluding hydrogens is 294 g/mol. The van der Waals surface area contributed by atoms with Crippen LogP contribution in [0.2, 0.25) is 0 Å². The molecule has 1 heterocycles. The Balaban J connectivity index is 2.34. The first-order chi connectivity index (χ1) is 8.54. The second kappa shape index (κ2) is 5.59. The minimum Gasteiger partial charge on any atom is -0.496 e. The van der Waals surface area contributed by atoms with Crippen molar-refractivity contribution in [3.05, 3.63) is 27.7 Å². The van der Waals surface area contributed by atoms with Crippen LogP contribution in [0.15, 0.2) is 16.6 Å². The van der Waals surface area contributed by atoms with Crippen LogP contribution in [0.5, 0.6) is 5.75 Å². The summed E-state index contributed by atoms with van der Waals surface area (Å²) in [6.07, 6.45) is 1.15. The van der Waals surface area contributed by atoms with Crippen LogP contribution in [0.3, 0.4) is 0 Å². The zero-order chi connectivity index (χ0) is 13.3. The first-order valence-corrected chi connectivity index (χ1v) is 7.05. The second-order valence-electron chi connectivity index (χ2n) is 4.97. The van der Waals surface area contributed by atoms with E-state index in [4.69, 9.17) is 15.2 Å². The van der Waals surface area contributed by atoms with Gasteiger partial charge in [0, 0.05) is 16.6 Å². The fourth-order valence-corrected chi connectivity index (χ4v) is 2.82. The van der Waals surface area contributed by atoms with Crippen molar-refractivity contribution in [2.45, 2.75) is 32.4 Å². The number of nitrogens with two attached hydrogens (primary N) is 1. The molecule has 0 aromatic heterocycles. The summed E-state index contributed by atoms with van der Waals surface area (Å²) in [7, 11) is 1.68. The third-order valence-electron chi connectivity index (χ3n) is 3.67. The number of ether oxygens (including phenoxy) is 2. The highest BCUT2D eigenvalue weighted by atomic mass is 79.9. The SMILES string of the molecule is COc1cc(C)c(Br)cc1C(N)C1OCCC1C. The van der Waals surface area contributed by atoms with Gasteiger partial charge in [0.15, 0.2) is 0 Å². The van der Waals surface area contributed by atoms with Crippen LogP contribution in [0.4, 0.5) is 0 Å². The van der Waals surface area contributed by atoms with E-state index >= 15 is 0 Å². The second-order valence-corrected chi connectivity index (χ2v) is 5.82. The maximum Gasteiger partial charge on any atom is 0.124 e. The van der Waals surface area contributed by atoms with E-state index in [0.717, 1.165) is 34.4 Å². The average Bonchev–Trinajstić information content (AvgIpc) is 2.77. The van der Waals surface area contributed by atoms with Gasteiger partial charge >= 0.3 is 0 Å². The van der Waals surface area contributed by atoms with Crippen LogP contribution >= 0.6 is 15.9 Å². The van der Waals surface area contributed by atoms with Crippen molar-refractivity contribution < 1.29 is 9.47 Å². The van der Waals surface area contributed by atoms with Crippen LogP contribution in [0, 0.1) is 12.8 Å². The Morgan fingerprint density at radius 2 is 2.22 bits per heavy atom. The van der Waals surface area contributed by atoms with Crippen LogP contribution < -0.4 is 10.5 Å². The molecule has 3 unspecified atom stereocenters. The fraction of sp³-hybridized carbons (Fsp3) is 0.571. The molecule has 1 aromatic rings. The van der Waals surface area contributed by atoms with Gasteiger partial charge in [-0.15, -0.1) is 0 Å². The van der Waals surface area contributed by atoms with E-state index < -0.39 is 0 Å². The molecule has 18 heavy (non-hydrogen) atoms. The minimum absolute atomic E-state index is 0.0773. The first-order valence-electron chi connectivity index (χ1n) is 6.25. The molecule has 100 valence electrons. The van der Waals surface area contributed by atoms with Crippen molar-refractivity contribution >= 4 is 15.9 Å². The molecule has 1 aromatic carbocycles. The number of hydrogen-bond donors (Lipinski definition) is 1. The highest BCUT2D eigenvalue weighted by Crippen LogP contribution is 2.36. The molecule has 0 bridgehead atoms. The Labute approximate surface area is 117 Å². The fourth-order valence-electron chi connectivity index (χ4n) is 2.46. The lowest BCUT2D eigenvalue weighted by molar-refractivity contribution is 0.0717. The molecular formula is C14H20BrNO2. The molecule has 1 aliphatic rings. The smallest absolute Gasteiger partial charge is 0.124 e. The van der Waals surface area contributed by atoms with Crippen molar-refractivity contribution in [3.63, 3.8) is 0 Å². The van der Waals surface area contributed by atoms with E-state index in [1.807, 2.05) is 19.1 Å². The maximum absolute atomic E-state index is 6.36. The summed E-state index contributed by atoms with van der Waals surface area (Å²) in [5.74, 6) is 1.33. The van der Waals surface area contributed by atoms with Gasteiger partial charge in [-0.25, -0.2) is 0 Å². The summed E-state index contributed by atoms with van der Waals surface area (Å²) >= 11 is 3.55. The van der Waals surface area contributed by atoms with E-state index in [1.165, 1.54) is 0 Å². The molecule has 0 amide bonds. The van der Waals surface area contributed by atoms with E-state index in [-0.39, 0.29) is 12.1 Å². The molecule has 2 N–H and O–H groups in total.